The SMILES string of the molecule is CC(C)(C)COC(=O)c1ccc(C(F)(F)F)c(F)c1. The van der Waals surface area contributed by atoms with Gasteiger partial charge in [0.05, 0.1) is 17.7 Å². The van der Waals surface area contributed by atoms with Crippen molar-refractivity contribution in [3.05, 3.63) is 35.1 Å². The molecule has 0 spiro atoms. The summed E-state index contributed by atoms with van der Waals surface area (Å²) in [6, 6.07) is 1.97. The van der Waals surface area contributed by atoms with Crippen molar-refractivity contribution in [2.24, 2.45) is 5.41 Å². The maximum Gasteiger partial charge on any atom is 0.419 e. The minimum atomic E-state index is -4.78. The first-order valence-corrected chi connectivity index (χ1v) is 5.54. The molecule has 0 bridgehead atoms. The molecule has 6 heteroatoms. The molecule has 0 saturated carbocycles. The number of ether oxygens (including phenoxy) is 1. The quantitative estimate of drug-likeness (QED) is 0.602. The molecule has 0 aliphatic rings. The van der Waals surface area contributed by atoms with Crippen LogP contribution in [-0.4, -0.2) is 12.6 Å². The largest absolute Gasteiger partial charge is 0.462 e. The van der Waals surface area contributed by atoms with Crippen molar-refractivity contribution in [3.8, 4) is 0 Å². The highest BCUT2D eigenvalue weighted by molar-refractivity contribution is 5.89. The Morgan fingerprint density at radius 2 is 1.79 bits per heavy atom. The lowest BCUT2D eigenvalue weighted by Crippen LogP contribution is -2.18. The molecule has 0 unspecified atom stereocenters. The third kappa shape index (κ3) is 4.54. The average Bonchev–Trinajstić information content (AvgIpc) is 2.22. The van der Waals surface area contributed by atoms with Crippen LogP contribution in [0.15, 0.2) is 18.2 Å². The summed E-state index contributed by atoms with van der Waals surface area (Å²) in [7, 11) is 0. The van der Waals surface area contributed by atoms with Crippen LogP contribution >= 0.6 is 0 Å². The number of alkyl halides is 3. The van der Waals surface area contributed by atoms with E-state index in [2.05, 4.69) is 0 Å². The third-order valence-corrected chi connectivity index (χ3v) is 2.15. The van der Waals surface area contributed by atoms with Gasteiger partial charge in [-0.25, -0.2) is 9.18 Å². The second-order valence-electron chi connectivity index (χ2n) is 5.33. The molecule has 1 aromatic carbocycles. The topological polar surface area (TPSA) is 26.3 Å². The zero-order valence-electron chi connectivity index (χ0n) is 10.8. The number of benzene rings is 1. The van der Waals surface area contributed by atoms with E-state index < -0.39 is 23.5 Å². The molecule has 19 heavy (non-hydrogen) atoms. The van der Waals surface area contributed by atoms with Gasteiger partial charge in [-0.15, -0.1) is 0 Å². The highest BCUT2D eigenvalue weighted by atomic mass is 19.4. The summed E-state index contributed by atoms with van der Waals surface area (Å²) >= 11 is 0. The van der Waals surface area contributed by atoms with Crippen LogP contribution < -0.4 is 0 Å². The molecule has 0 fully saturated rings. The van der Waals surface area contributed by atoms with Gasteiger partial charge in [-0.3, -0.25) is 0 Å². The smallest absolute Gasteiger partial charge is 0.419 e. The fourth-order valence-corrected chi connectivity index (χ4v) is 1.24. The van der Waals surface area contributed by atoms with Crippen molar-refractivity contribution >= 4 is 5.97 Å². The van der Waals surface area contributed by atoms with Crippen LogP contribution in [-0.2, 0) is 10.9 Å². The third-order valence-electron chi connectivity index (χ3n) is 2.15. The number of halogens is 4. The fourth-order valence-electron chi connectivity index (χ4n) is 1.24. The summed E-state index contributed by atoms with van der Waals surface area (Å²) in [5.74, 6) is -2.33. The van der Waals surface area contributed by atoms with E-state index in [4.69, 9.17) is 4.74 Å². The van der Waals surface area contributed by atoms with E-state index >= 15 is 0 Å². The molecule has 0 heterocycles. The Hall–Kier alpha value is -1.59. The number of rotatable bonds is 2. The van der Waals surface area contributed by atoms with Gasteiger partial charge in [-0.05, 0) is 23.6 Å². The normalized spacial score (nSPS) is 12.4. The standard InChI is InChI=1S/C13H14F4O2/c1-12(2,3)7-19-11(18)8-4-5-9(10(14)6-8)13(15,16)17/h4-6H,7H2,1-3H3. The van der Waals surface area contributed by atoms with Gasteiger partial charge in [0, 0.05) is 0 Å². The Labute approximate surface area is 108 Å². The summed E-state index contributed by atoms with van der Waals surface area (Å²) in [5.41, 5.74) is -1.92. The maximum absolute atomic E-state index is 13.3. The Morgan fingerprint density at radius 3 is 2.21 bits per heavy atom. The van der Waals surface area contributed by atoms with Crippen LogP contribution in [0.5, 0.6) is 0 Å². The van der Waals surface area contributed by atoms with Crippen molar-refractivity contribution in [3.63, 3.8) is 0 Å². The maximum atomic E-state index is 13.3. The second kappa shape index (κ2) is 5.19. The van der Waals surface area contributed by atoms with Gasteiger partial charge in [-0.2, -0.15) is 13.2 Å². The van der Waals surface area contributed by atoms with Crippen molar-refractivity contribution in [2.75, 3.05) is 6.61 Å². The van der Waals surface area contributed by atoms with Gasteiger partial charge < -0.3 is 4.74 Å². The van der Waals surface area contributed by atoms with E-state index in [1.54, 1.807) is 0 Å². The first kappa shape index (κ1) is 15.5. The van der Waals surface area contributed by atoms with Crippen LogP contribution in [0.1, 0.15) is 36.7 Å². The molecule has 0 aromatic heterocycles. The van der Waals surface area contributed by atoms with Gasteiger partial charge >= 0.3 is 12.1 Å². The highest BCUT2D eigenvalue weighted by Crippen LogP contribution is 2.31. The summed E-state index contributed by atoms with van der Waals surface area (Å²) in [6.45, 7) is 5.57. The molecule has 2 nitrogen and oxygen atoms in total. The number of hydrogen-bond acceptors (Lipinski definition) is 2. The van der Waals surface area contributed by atoms with Crippen molar-refractivity contribution in [1.82, 2.24) is 0 Å². The van der Waals surface area contributed by atoms with Crippen LogP contribution in [0.25, 0.3) is 0 Å². The van der Waals surface area contributed by atoms with E-state index in [0.29, 0.717) is 12.1 Å². The Balaban J connectivity index is 2.87. The molecule has 106 valence electrons. The van der Waals surface area contributed by atoms with Crippen LogP contribution in [0, 0.1) is 11.2 Å². The molecule has 1 aromatic rings. The molecule has 0 saturated heterocycles. The Bertz CT molecular complexity index is 473. The highest BCUT2D eigenvalue weighted by Gasteiger charge is 2.34. The molecule has 0 aliphatic heterocycles. The number of carbonyl (C=O) groups is 1. The molecule has 0 atom stereocenters. The van der Waals surface area contributed by atoms with Gasteiger partial charge in [0.15, 0.2) is 0 Å². The minimum Gasteiger partial charge on any atom is -0.462 e. The monoisotopic (exact) mass is 278 g/mol. The summed E-state index contributed by atoms with van der Waals surface area (Å²) in [6.07, 6.45) is -4.78. The summed E-state index contributed by atoms with van der Waals surface area (Å²) < 4.78 is 55.1. The molecule has 0 aliphatic carbocycles. The minimum absolute atomic E-state index is 0.0917. The molecule has 0 radical (unpaired) electrons. The van der Waals surface area contributed by atoms with E-state index in [9.17, 15) is 22.4 Å². The zero-order chi connectivity index (χ0) is 14.8. The molecule has 0 amide bonds. The van der Waals surface area contributed by atoms with Crippen LogP contribution in [0.2, 0.25) is 0 Å². The number of esters is 1. The average molecular weight is 278 g/mol. The molecule has 1 rings (SSSR count). The first-order valence-electron chi connectivity index (χ1n) is 5.54. The fraction of sp³-hybridized carbons (Fsp3) is 0.462. The number of hydrogen-bond donors (Lipinski definition) is 0. The van der Waals surface area contributed by atoms with Crippen molar-refractivity contribution in [1.29, 1.82) is 0 Å². The van der Waals surface area contributed by atoms with E-state index in [-0.39, 0.29) is 17.6 Å². The first-order chi connectivity index (χ1) is 8.50. The number of carbonyl (C=O) groups excluding carboxylic acids is 1. The lowest BCUT2D eigenvalue weighted by molar-refractivity contribution is -0.140. The predicted octanol–water partition coefficient (Wildman–Crippen LogP) is 4.05. The van der Waals surface area contributed by atoms with Gasteiger partial charge in [0.25, 0.3) is 0 Å². The van der Waals surface area contributed by atoms with Crippen molar-refractivity contribution < 1.29 is 27.1 Å². The predicted molar refractivity (Wildman–Crippen MR) is 61.1 cm³/mol. The lowest BCUT2D eigenvalue weighted by atomic mass is 9.99. The summed E-state index contributed by atoms with van der Waals surface area (Å²) in [4.78, 5) is 11.5. The Morgan fingerprint density at radius 1 is 1.21 bits per heavy atom. The summed E-state index contributed by atoms with van der Waals surface area (Å²) in [5, 5.41) is 0. The Kier molecular flexibility index (Phi) is 4.22. The molecular weight excluding hydrogens is 264 g/mol. The van der Waals surface area contributed by atoms with E-state index in [1.165, 1.54) is 0 Å². The van der Waals surface area contributed by atoms with Gasteiger partial charge in [0.2, 0.25) is 0 Å². The van der Waals surface area contributed by atoms with Gasteiger partial charge in [0.1, 0.15) is 5.82 Å². The van der Waals surface area contributed by atoms with Crippen LogP contribution in [0.4, 0.5) is 17.6 Å². The van der Waals surface area contributed by atoms with E-state index in [0.717, 1.165) is 6.07 Å². The van der Waals surface area contributed by atoms with E-state index in [1.807, 2.05) is 20.8 Å². The lowest BCUT2D eigenvalue weighted by Gasteiger charge is -2.18. The van der Waals surface area contributed by atoms with Crippen molar-refractivity contribution in [2.45, 2.75) is 26.9 Å². The van der Waals surface area contributed by atoms with Gasteiger partial charge in [-0.1, -0.05) is 20.8 Å². The second-order valence-corrected chi connectivity index (χ2v) is 5.33. The molecular formula is C13H14F4O2. The zero-order valence-corrected chi connectivity index (χ0v) is 10.8. The molecule has 0 N–H and O–H groups in total. The van der Waals surface area contributed by atoms with Crippen LogP contribution in [0.3, 0.4) is 0 Å².